The molecule has 4 unspecified atom stereocenters. The first kappa shape index (κ1) is 23.2. The van der Waals surface area contributed by atoms with Gasteiger partial charge in [0.05, 0.1) is 18.8 Å². The first-order chi connectivity index (χ1) is 16.1. The van der Waals surface area contributed by atoms with E-state index < -0.39 is 6.29 Å². The Labute approximate surface area is 196 Å². The van der Waals surface area contributed by atoms with Gasteiger partial charge in [0.25, 0.3) is 0 Å². The van der Waals surface area contributed by atoms with E-state index in [-0.39, 0.29) is 24.7 Å². The average molecular weight is 445 g/mol. The highest BCUT2D eigenvalue weighted by Gasteiger charge is 2.42. The van der Waals surface area contributed by atoms with Crippen molar-refractivity contribution in [1.29, 1.82) is 0 Å². The van der Waals surface area contributed by atoms with Gasteiger partial charge in [-0.25, -0.2) is 0 Å². The normalized spacial score (nSPS) is 22.9. The molecule has 1 heterocycles. The second-order valence-corrected chi connectivity index (χ2v) is 8.58. The molecule has 1 aliphatic rings. The van der Waals surface area contributed by atoms with Crippen molar-refractivity contribution in [3.63, 3.8) is 0 Å². The summed E-state index contributed by atoms with van der Waals surface area (Å²) in [4.78, 5) is 2.21. The van der Waals surface area contributed by atoms with Gasteiger partial charge in [-0.15, -0.1) is 6.58 Å². The van der Waals surface area contributed by atoms with Gasteiger partial charge in [0.15, 0.2) is 6.29 Å². The van der Waals surface area contributed by atoms with E-state index in [0.717, 1.165) is 35.3 Å². The zero-order chi connectivity index (χ0) is 23.2. The smallest absolute Gasteiger partial charge is 0.185 e. The summed E-state index contributed by atoms with van der Waals surface area (Å²) in [5, 5.41) is 9.50. The molecular formula is C28H32N2O3. The van der Waals surface area contributed by atoms with Gasteiger partial charge in [-0.1, -0.05) is 72.8 Å². The van der Waals surface area contributed by atoms with Crippen LogP contribution in [-0.2, 0) is 16.1 Å². The van der Waals surface area contributed by atoms with Crippen LogP contribution >= 0.6 is 0 Å². The summed E-state index contributed by atoms with van der Waals surface area (Å²) >= 11 is 0. The van der Waals surface area contributed by atoms with Crippen LogP contribution < -0.4 is 5.73 Å². The first-order valence-electron chi connectivity index (χ1n) is 11.3. The Balaban J connectivity index is 1.77. The Bertz CT molecular complexity index is 1040. The molecule has 1 fully saturated rings. The zero-order valence-corrected chi connectivity index (χ0v) is 19.0. The minimum Gasteiger partial charge on any atom is -0.399 e. The molecule has 0 radical (unpaired) electrons. The number of aliphatic hydroxyl groups is 1. The van der Waals surface area contributed by atoms with Gasteiger partial charge in [0.1, 0.15) is 0 Å². The number of benzene rings is 3. The van der Waals surface area contributed by atoms with Crippen molar-refractivity contribution in [1.82, 2.24) is 4.90 Å². The molecule has 0 bridgehead atoms. The van der Waals surface area contributed by atoms with Crippen LogP contribution in [0.25, 0.3) is 0 Å². The number of nitrogens with two attached hydrogens (primary N) is 1. The maximum Gasteiger partial charge on any atom is 0.185 e. The number of rotatable bonds is 8. The van der Waals surface area contributed by atoms with Crippen LogP contribution in [0.15, 0.2) is 91.5 Å². The molecule has 3 aromatic rings. The number of hydrogen-bond acceptors (Lipinski definition) is 5. The summed E-state index contributed by atoms with van der Waals surface area (Å²) < 4.78 is 13.3. The molecule has 0 saturated carbocycles. The molecule has 3 aromatic carbocycles. The van der Waals surface area contributed by atoms with E-state index in [4.69, 9.17) is 15.2 Å². The third kappa shape index (κ3) is 5.52. The maximum atomic E-state index is 9.50. The van der Waals surface area contributed by atoms with E-state index in [1.54, 1.807) is 0 Å². The standard InChI is InChI=1S/C28H32N2O3/c1-3-16-30(2)18-25-26(21-8-5-4-6-9-21)27(22-14-12-20(19-31)13-15-22)33-28(32-25)23-10-7-11-24(29)17-23/h3-15,17,25-28,31H,1,16,18-19,29H2,2H3. The molecule has 1 aliphatic heterocycles. The molecule has 0 amide bonds. The highest BCUT2D eigenvalue weighted by atomic mass is 16.7. The Kier molecular flexibility index (Phi) is 7.57. The summed E-state index contributed by atoms with van der Waals surface area (Å²) in [5.41, 5.74) is 10.7. The van der Waals surface area contributed by atoms with Crippen molar-refractivity contribution in [3.8, 4) is 0 Å². The zero-order valence-electron chi connectivity index (χ0n) is 19.0. The Morgan fingerprint density at radius 1 is 0.939 bits per heavy atom. The Morgan fingerprint density at radius 3 is 2.33 bits per heavy atom. The lowest BCUT2D eigenvalue weighted by Crippen LogP contribution is -2.43. The number of nitrogens with zero attached hydrogens (tertiary/aromatic N) is 1. The molecule has 0 aliphatic carbocycles. The topological polar surface area (TPSA) is 68.0 Å². The predicted molar refractivity (Wildman–Crippen MR) is 132 cm³/mol. The fourth-order valence-corrected chi connectivity index (χ4v) is 4.47. The van der Waals surface area contributed by atoms with Crippen LogP contribution in [0.2, 0.25) is 0 Å². The van der Waals surface area contributed by atoms with Gasteiger partial charge in [-0.05, 0) is 35.9 Å². The fourth-order valence-electron chi connectivity index (χ4n) is 4.47. The molecule has 4 atom stereocenters. The maximum absolute atomic E-state index is 9.50. The molecule has 172 valence electrons. The number of hydrogen-bond donors (Lipinski definition) is 2. The molecule has 5 nitrogen and oxygen atoms in total. The lowest BCUT2D eigenvalue weighted by atomic mass is 9.83. The highest BCUT2D eigenvalue weighted by Crippen LogP contribution is 2.47. The van der Waals surface area contributed by atoms with Crippen LogP contribution in [0, 0.1) is 0 Å². The van der Waals surface area contributed by atoms with E-state index in [9.17, 15) is 5.11 Å². The van der Waals surface area contributed by atoms with Crippen LogP contribution in [0.1, 0.15) is 40.6 Å². The van der Waals surface area contributed by atoms with Crippen molar-refractivity contribution in [3.05, 3.63) is 114 Å². The lowest BCUT2D eigenvalue weighted by molar-refractivity contribution is -0.263. The summed E-state index contributed by atoms with van der Waals surface area (Å²) in [6, 6.07) is 26.0. The van der Waals surface area contributed by atoms with Crippen molar-refractivity contribution >= 4 is 5.69 Å². The minimum absolute atomic E-state index is 0.0118. The summed E-state index contributed by atoms with van der Waals surface area (Å²) in [6.45, 7) is 5.38. The van der Waals surface area contributed by atoms with E-state index in [1.165, 1.54) is 0 Å². The number of ether oxygens (including phenoxy) is 2. The quantitative estimate of drug-likeness (QED) is 0.385. The number of nitrogen functional groups attached to an aromatic ring is 1. The lowest BCUT2D eigenvalue weighted by Gasteiger charge is -2.44. The van der Waals surface area contributed by atoms with Gasteiger partial charge in [0, 0.05) is 30.3 Å². The monoisotopic (exact) mass is 444 g/mol. The molecule has 3 N–H and O–H groups in total. The Hall–Kier alpha value is -2.96. The van der Waals surface area contributed by atoms with Crippen molar-refractivity contribution < 1.29 is 14.6 Å². The van der Waals surface area contributed by atoms with Crippen LogP contribution in [0.4, 0.5) is 5.69 Å². The third-order valence-corrected chi connectivity index (χ3v) is 6.09. The van der Waals surface area contributed by atoms with Crippen LogP contribution in [-0.4, -0.2) is 36.2 Å². The molecular weight excluding hydrogens is 412 g/mol. The number of aliphatic hydroxyl groups excluding tert-OH is 1. The predicted octanol–water partition coefficient (Wildman–Crippen LogP) is 4.82. The minimum atomic E-state index is -0.543. The summed E-state index contributed by atoms with van der Waals surface area (Å²) in [6.07, 6.45) is 0.998. The first-order valence-corrected chi connectivity index (χ1v) is 11.3. The highest BCUT2D eigenvalue weighted by molar-refractivity contribution is 5.41. The number of anilines is 1. The largest absolute Gasteiger partial charge is 0.399 e. The van der Waals surface area contributed by atoms with Crippen LogP contribution in [0.5, 0.6) is 0 Å². The van der Waals surface area contributed by atoms with Gasteiger partial charge in [-0.3, -0.25) is 0 Å². The molecule has 0 aromatic heterocycles. The van der Waals surface area contributed by atoms with Crippen LogP contribution in [0.3, 0.4) is 0 Å². The second kappa shape index (κ2) is 10.8. The molecule has 0 spiro atoms. The van der Waals surface area contributed by atoms with E-state index in [1.807, 2.05) is 60.7 Å². The van der Waals surface area contributed by atoms with Gasteiger partial charge >= 0.3 is 0 Å². The third-order valence-electron chi connectivity index (χ3n) is 6.09. The van der Waals surface area contributed by atoms with Gasteiger partial charge < -0.3 is 25.2 Å². The van der Waals surface area contributed by atoms with E-state index in [2.05, 4.69) is 42.8 Å². The summed E-state index contributed by atoms with van der Waals surface area (Å²) in [7, 11) is 2.07. The van der Waals surface area contributed by atoms with Crippen molar-refractivity contribution in [2.45, 2.75) is 31.0 Å². The fraction of sp³-hybridized carbons (Fsp3) is 0.286. The second-order valence-electron chi connectivity index (χ2n) is 8.58. The molecule has 5 heteroatoms. The molecule has 1 saturated heterocycles. The van der Waals surface area contributed by atoms with Gasteiger partial charge in [0.2, 0.25) is 0 Å². The molecule has 33 heavy (non-hydrogen) atoms. The number of likely N-dealkylation sites (N-methyl/N-ethyl adjacent to an activating group) is 1. The SMILES string of the molecule is C=CCN(C)CC1OC(c2cccc(N)c2)OC(c2ccc(CO)cc2)C1c1ccccc1. The Morgan fingerprint density at radius 2 is 1.67 bits per heavy atom. The van der Waals surface area contributed by atoms with E-state index >= 15 is 0 Å². The van der Waals surface area contributed by atoms with E-state index in [0.29, 0.717) is 5.69 Å². The molecule has 4 rings (SSSR count). The van der Waals surface area contributed by atoms with Gasteiger partial charge in [-0.2, -0.15) is 0 Å². The van der Waals surface area contributed by atoms with Crippen molar-refractivity contribution in [2.24, 2.45) is 0 Å². The average Bonchev–Trinajstić information content (AvgIpc) is 2.84. The summed E-state index contributed by atoms with van der Waals surface area (Å²) in [5.74, 6) is -0.0178. The van der Waals surface area contributed by atoms with Crippen molar-refractivity contribution in [2.75, 3.05) is 25.9 Å².